The topological polar surface area (TPSA) is 34.1 Å². The molecule has 0 aromatic heterocycles. The average molecular weight is 385 g/mol. The first kappa shape index (κ1) is 20.1. The third-order valence-electron chi connectivity index (χ3n) is 5.94. The number of benzene rings is 2. The van der Waals surface area contributed by atoms with E-state index >= 15 is 0 Å². The molecule has 0 aliphatic heterocycles. The van der Waals surface area contributed by atoms with E-state index in [1.807, 2.05) is 12.1 Å². The maximum atomic E-state index is 12.4. The van der Waals surface area contributed by atoms with E-state index in [1.54, 1.807) is 20.8 Å². The molecule has 27 heavy (non-hydrogen) atoms. The van der Waals surface area contributed by atoms with Gasteiger partial charge in [0.1, 0.15) is 0 Å². The molecule has 2 unspecified atom stereocenters. The van der Waals surface area contributed by atoms with Crippen LogP contribution in [-0.4, -0.2) is 13.2 Å². The Morgan fingerprint density at radius 1 is 0.815 bits per heavy atom. The van der Waals surface area contributed by atoms with Crippen molar-refractivity contribution >= 4 is 9.84 Å². The molecule has 0 amide bonds. The normalized spacial score (nSPS) is 19.9. The van der Waals surface area contributed by atoms with Crippen LogP contribution < -0.4 is 0 Å². The van der Waals surface area contributed by atoms with E-state index in [0.29, 0.717) is 11.8 Å². The molecule has 3 rings (SSSR count). The van der Waals surface area contributed by atoms with Crippen LogP contribution in [0.15, 0.2) is 42.5 Å². The summed E-state index contributed by atoms with van der Waals surface area (Å²) in [7, 11) is -3.13. The smallest absolute Gasteiger partial charge is 0.159 e. The predicted molar refractivity (Wildman–Crippen MR) is 114 cm³/mol. The van der Waals surface area contributed by atoms with Crippen molar-refractivity contribution in [3.05, 3.63) is 70.3 Å². The molecule has 2 aromatic rings. The lowest BCUT2D eigenvalue weighted by Gasteiger charge is -2.19. The molecule has 0 radical (unpaired) electrons. The Balaban J connectivity index is 1.64. The van der Waals surface area contributed by atoms with Gasteiger partial charge in [0.05, 0.1) is 10.5 Å². The Hall–Kier alpha value is -1.61. The van der Waals surface area contributed by atoms with Crippen molar-refractivity contribution in [1.29, 1.82) is 0 Å². The van der Waals surface area contributed by atoms with Gasteiger partial charge in [-0.05, 0) is 79.7 Å². The Labute approximate surface area is 164 Å². The molecular weight excluding hydrogens is 352 g/mol. The molecular formula is C24H32O2S. The molecule has 0 heterocycles. The molecule has 146 valence electrons. The van der Waals surface area contributed by atoms with Crippen LogP contribution in [0.5, 0.6) is 0 Å². The first-order valence-electron chi connectivity index (χ1n) is 9.99. The van der Waals surface area contributed by atoms with Gasteiger partial charge in [0, 0.05) is 0 Å². The number of fused-ring (bicyclic) bond motifs is 1. The van der Waals surface area contributed by atoms with Gasteiger partial charge in [0.2, 0.25) is 0 Å². The van der Waals surface area contributed by atoms with Crippen LogP contribution in [0.25, 0.3) is 0 Å². The van der Waals surface area contributed by atoms with Gasteiger partial charge in [-0.1, -0.05) is 56.3 Å². The Bertz CT molecular complexity index is 902. The quantitative estimate of drug-likeness (QED) is 0.653. The average Bonchev–Trinajstić information content (AvgIpc) is 2.87. The number of aryl methyl sites for hydroxylation is 2. The lowest BCUT2D eigenvalue weighted by molar-refractivity contribution is 0.559. The van der Waals surface area contributed by atoms with Crippen molar-refractivity contribution in [2.45, 2.75) is 76.2 Å². The van der Waals surface area contributed by atoms with Crippen LogP contribution in [0.2, 0.25) is 0 Å². The lowest BCUT2D eigenvalue weighted by Crippen LogP contribution is -2.29. The third-order valence-corrected chi connectivity index (χ3v) is 8.51. The van der Waals surface area contributed by atoms with Gasteiger partial charge in [-0.15, -0.1) is 0 Å². The van der Waals surface area contributed by atoms with Crippen LogP contribution >= 0.6 is 0 Å². The Morgan fingerprint density at radius 2 is 1.33 bits per heavy atom. The first-order chi connectivity index (χ1) is 12.6. The number of rotatable bonds is 5. The van der Waals surface area contributed by atoms with E-state index in [-0.39, 0.29) is 5.75 Å². The Kier molecular flexibility index (Phi) is 5.54. The molecule has 0 saturated carbocycles. The number of hydrogen-bond donors (Lipinski definition) is 0. The molecule has 2 aromatic carbocycles. The fourth-order valence-electron chi connectivity index (χ4n) is 3.97. The summed E-state index contributed by atoms with van der Waals surface area (Å²) in [6.45, 7) is 9.93. The summed E-state index contributed by atoms with van der Waals surface area (Å²) in [5, 5.41) is 0. The summed E-state index contributed by atoms with van der Waals surface area (Å²) >= 11 is 0. The molecule has 1 aliphatic rings. The highest BCUT2D eigenvalue weighted by Crippen LogP contribution is 2.41. The van der Waals surface area contributed by atoms with Crippen LogP contribution in [0.1, 0.15) is 80.7 Å². The molecule has 2 nitrogen and oxygen atoms in total. The number of hydrogen-bond acceptors (Lipinski definition) is 2. The second kappa shape index (κ2) is 7.43. The van der Waals surface area contributed by atoms with Crippen molar-refractivity contribution in [2.24, 2.45) is 0 Å². The van der Waals surface area contributed by atoms with Gasteiger partial charge in [-0.3, -0.25) is 0 Å². The van der Waals surface area contributed by atoms with Gasteiger partial charge < -0.3 is 0 Å². The SMILES string of the molecule is CC1CC(C)c2cc(CCc3ccc(CS(=O)(=O)C(C)(C)C)cc3)ccc21. The molecule has 1 aliphatic carbocycles. The number of sulfone groups is 1. The molecule has 0 spiro atoms. The fourth-order valence-corrected chi connectivity index (χ4v) is 5.03. The van der Waals surface area contributed by atoms with Crippen LogP contribution in [0.3, 0.4) is 0 Å². The second-order valence-corrected chi connectivity index (χ2v) is 11.9. The summed E-state index contributed by atoms with van der Waals surface area (Å²) in [4.78, 5) is 0. The predicted octanol–water partition coefficient (Wildman–Crippen LogP) is 5.80. The monoisotopic (exact) mass is 384 g/mol. The molecule has 3 heteroatoms. The summed E-state index contributed by atoms with van der Waals surface area (Å²) in [5.41, 5.74) is 6.58. The summed E-state index contributed by atoms with van der Waals surface area (Å²) in [5.74, 6) is 1.46. The lowest BCUT2D eigenvalue weighted by atomic mass is 9.96. The molecule has 0 N–H and O–H groups in total. The molecule has 2 atom stereocenters. The van der Waals surface area contributed by atoms with Crippen LogP contribution in [0.4, 0.5) is 0 Å². The van der Waals surface area contributed by atoms with Crippen molar-refractivity contribution in [1.82, 2.24) is 0 Å². The first-order valence-corrected chi connectivity index (χ1v) is 11.6. The zero-order valence-corrected chi connectivity index (χ0v) is 18.1. The standard InChI is InChI=1S/C24H32O2S/c1-17-14-18(2)23-15-20(12-13-22(17)23)9-6-19-7-10-21(11-8-19)16-27(25,26)24(3,4)5/h7-8,10-13,15,17-18H,6,9,14,16H2,1-5H3. The minimum absolute atomic E-state index is 0.109. The summed E-state index contributed by atoms with van der Waals surface area (Å²) in [6, 6.07) is 15.1. The van der Waals surface area contributed by atoms with E-state index in [4.69, 9.17) is 0 Å². The van der Waals surface area contributed by atoms with Gasteiger partial charge in [-0.2, -0.15) is 0 Å². The van der Waals surface area contributed by atoms with Crippen molar-refractivity contribution in [2.75, 3.05) is 0 Å². The maximum Gasteiger partial charge on any atom is 0.159 e. The van der Waals surface area contributed by atoms with E-state index in [0.717, 1.165) is 18.4 Å². The summed E-state index contributed by atoms with van der Waals surface area (Å²) < 4.78 is 24.0. The highest BCUT2D eigenvalue weighted by atomic mass is 32.2. The highest BCUT2D eigenvalue weighted by molar-refractivity contribution is 7.91. The molecule has 0 bridgehead atoms. The fraction of sp³-hybridized carbons (Fsp3) is 0.500. The van der Waals surface area contributed by atoms with Crippen LogP contribution in [0, 0.1) is 0 Å². The van der Waals surface area contributed by atoms with E-state index in [1.165, 1.54) is 28.7 Å². The second-order valence-electron chi connectivity index (χ2n) is 9.19. The van der Waals surface area contributed by atoms with E-state index in [2.05, 4.69) is 44.2 Å². The van der Waals surface area contributed by atoms with Gasteiger partial charge in [-0.25, -0.2) is 8.42 Å². The molecule has 0 saturated heterocycles. The Morgan fingerprint density at radius 3 is 1.96 bits per heavy atom. The van der Waals surface area contributed by atoms with Gasteiger partial charge >= 0.3 is 0 Å². The van der Waals surface area contributed by atoms with Gasteiger partial charge in [0.15, 0.2) is 9.84 Å². The minimum atomic E-state index is -3.13. The summed E-state index contributed by atoms with van der Waals surface area (Å²) in [6.07, 6.45) is 3.26. The highest BCUT2D eigenvalue weighted by Gasteiger charge is 2.29. The van der Waals surface area contributed by atoms with Crippen LogP contribution in [-0.2, 0) is 28.4 Å². The van der Waals surface area contributed by atoms with E-state index < -0.39 is 14.6 Å². The molecule has 0 fully saturated rings. The van der Waals surface area contributed by atoms with Crippen molar-refractivity contribution in [3.63, 3.8) is 0 Å². The minimum Gasteiger partial charge on any atom is -0.228 e. The van der Waals surface area contributed by atoms with Gasteiger partial charge in [0.25, 0.3) is 0 Å². The van der Waals surface area contributed by atoms with Crippen molar-refractivity contribution < 1.29 is 8.42 Å². The zero-order chi connectivity index (χ0) is 19.8. The largest absolute Gasteiger partial charge is 0.228 e. The van der Waals surface area contributed by atoms with E-state index in [9.17, 15) is 8.42 Å². The zero-order valence-electron chi connectivity index (χ0n) is 17.2. The third kappa shape index (κ3) is 4.45. The van der Waals surface area contributed by atoms with Crippen molar-refractivity contribution in [3.8, 4) is 0 Å². The maximum absolute atomic E-state index is 12.4.